The van der Waals surface area contributed by atoms with Gasteiger partial charge in [0.05, 0.1) is 0 Å². The van der Waals surface area contributed by atoms with Crippen LogP contribution in [0.4, 0.5) is 11.4 Å². The quantitative estimate of drug-likeness (QED) is 0.612. The maximum absolute atomic E-state index is 5.83. The van der Waals surface area contributed by atoms with Gasteiger partial charge in [0.25, 0.3) is 0 Å². The fourth-order valence-electron chi connectivity index (χ4n) is 1.81. The van der Waals surface area contributed by atoms with Gasteiger partial charge in [0, 0.05) is 31.0 Å². The molecule has 0 amide bonds. The van der Waals surface area contributed by atoms with Crippen molar-refractivity contribution in [3.63, 3.8) is 0 Å². The number of hydrogen-bond acceptors (Lipinski definition) is 2. The fourth-order valence-corrected chi connectivity index (χ4v) is 1.81. The predicted molar refractivity (Wildman–Crippen MR) is 85.0 cm³/mol. The molecule has 0 aliphatic carbocycles. The van der Waals surface area contributed by atoms with Crippen LogP contribution in [0.1, 0.15) is 27.7 Å². The van der Waals surface area contributed by atoms with Crippen LogP contribution >= 0.6 is 0 Å². The molecule has 0 saturated heterocycles. The summed E-state index contributed by atoms with van der Waals surface area (Å²) in [5.41, 5.74) is 8.04. The minimum Gasteiger partial charge on any atom is -0.372 e. The lowest BCUT2D eigenvalue weighted by Gasteiger charge is -2.21. The van der Waals surface area contributed by atoms with Gasteiger partial charge in [-0.15, -0.1) is 0 Å². The van der Waals surface area contributed by atoms with E-state index in [4.69, 9.17) is 5.73 Å². The lowest BCUT2D eigenvalue weighted by Crippen LogP contribution is -2.24. The van der Waals surface area contributed by atoms with Crippen LogP contribution in [0, 0.1) is 5.92 Å². The van der Waals surface area contributed by atoms with E-state index in [2.05, 4.69) is 55.0 Å². The zero-order chi connectivity index (χ0) is 14.3. The first kappa shape index (κ1) is 15.3. The van der Waals surface area contributed by atoms with E-state index in [1.807, 2.05) is 12.1 Å². The minimum atomic E-state index is 0.476. The van der Waals surface area contributed by atoms with Crippen LogP contribution < -0.4 is 16.0 Å². The molecule has 4 heteroatoms. The Morgan fingerprint density at radius 2 is 1.79 bits per heavy atom. The van der Waals surface area contributed by atoms with Crippen LogP contribution in [-0.2, 0) is 0 Å². The van der Waals surface area contributed by atoms with Crippen LogP contribution in [0.15, 0.2) is 29.3 Å². The van der Waals surface area contributed by atoms with Crippen molar-refractivity contribution >= 4 is 17.3 Å². The lowest BCUT2D eigenvalue weighted by atomic mass is 10.2. The maximum Gasteiger partial charge on any atom is 0.193 e. The van der Waals surface area contributed by atoms with E-state index >= 15 is 0 Å². The molecule has 0 aliphatic rings. The van der Waals surface area contributed by atoms with E-state index in [0.717, 1.165) is 25.3 Å². The first-order chi connectivity index (χ1) is 9.06. The second kappa shape index (κ2) is 7.67. The normalized spacial score (nSPS) is 11.7. The standard InChI is InChI=1S/C15H26N4/c1-5-19(6-2)14-9-7-13(8-10-14)18-15(16)17-11-12(3)4/h7-10,12H,5-6,11H2,1-4H3,(H3,16,17,18). The Morgan fingerprint density at radius 1 is 1.21 bits per heavy atom. The monoisotopic (exact) mass is 262 g/mol. The molecular weight excluding hydrogens is 236 g/mol. The second-order valence-corrected chi connectivity index (χ2v) is 4.96. The highest BCUT2D eigenvalue weighted by atomic mass is 15.1. The second-order valence-electron chi connectivity index (χ2n) is 4.96. The summed E-state index contributed by atoms with van der Waals surface area (Å²) in [7, 11) is 0. The van der Waals surface area contributed by atoms with Crippen LogP contribution in [-0.4, -0.2) is 25.6 Å². The Hall–Kier alpha value is -1.71. The predicted octanol–water partition coefficient (Wildman–Crippen LogP) is 2.92. The molecule has 0 radical (unpaired) electrons. The van der Waals surface area contributed by atoms with Crippen LogP contribution in [0.2, 0.25) is 0 Å². The van der Waals surface area contributed by atoms with Crippen LogP contribution in [0.5, 0.6) is 0 Å². The molecule has 0 aromatic heterocycles. The van der Waals surface area contributed by atoms with Crippen molar-refractivity contribution in [3.05, 3.63) is 24.3 Å². The third-order valence-electron chi connectivity index (χ3n) is 2.90. The Bertz CT molecular complexity index is 391. The molecule has 0 saturated carbocycles. The first-order valence-corrected chi connectivity index (χ1v) is 6.98. The molecule has 1 rings (SSSR count). The number of aliphatic imine (C=N–C) groups is 1. The molecule has 0 spiro atoms. The summed E-state index contributed by atoms with van der Waals surface area (Å²) >= 11 is 0. The number of hydrogen-bond donors (Lipinski definition) is 2. The zero-order valence-corrected chi connectivity index (χ0v) is 12.5. The smallest absolute Gasteiger partial charge is 0.193 e. The summed E-state index contributed by atoms with van der Waals surface area (Å²) in [5.74, 6) is 0.995. The Kier molecular flexibility index (Phi) is 6.19. The number of rotatable bonds is 6. The van der Waals surface area contributed by atoms with Gasteiger partial charge in [0.1, 0.15) is 0 Å². The van der Waals surface area contributed by atoms with Crippen molar-refractivity contribution in [1.82, 2.24) is 0 Å². The fraction of sp³-hybridized carbons (Fsp3) is 0.533. The van der Waals surface area contributed by atoms with Crippen molar-refractivity contribution < 1.29 is 0 Å². The third-order valence-corrected chi connectivity index (χ3v) is 2.90. The molecule has 19 heavy (non-hydrogen) atoms. The van der Waals surface area contributed by atoms with Gasteiger partial charge in [0.15, 0.2) is 5.96 Å². The lowest BCUT2D eigenvalue weighted by molar-refractivity contribution is 0.665. The molecule has 0 fully saturated rings. The largest absolute Gasteiger partial charge is 0.372 e. The summed E-state index contributed by atoms with van der Waals surface area (Å²) in [6.45, 7) is 11.3. The van der Waals surface area contributed by atoms with Gasteiger partial charge in [0.2, 0.25) is 0 Å². The third kappa shape index (κ3) is 5.20. The van der Waals surface area contributed by atoms with E-state index in [1.165, 1.54) is 5.69 Å². The SMILES string of the molecule is CCN(CC)c1ccc(NC(N)=NCC(C)C)cc1. The molecule has 3 N–H and O–H groups in total. The summed E-state index contributed by atoms with van der Waals surface area (Å²) in [4.78, 5) is 6.59. The highest BCUT2D eigenvalue weighted by Gasteiger charge is 2.02. The summed E-state index contributed by atoms with van der Waals surface area (Å²) in [6, 6.07) is 8.27. The first-order valence-electron chi connectivity index (χ1n) is 6.98. The minimum absolute atomic E-state index is 0.476. The van der Waals surface area contributed by atoms with Gasteiger partial charge >= 0.3 is 0 Å². The molecule has 0 aliphatic heterocycles. The summed E-state index contributed by atoms with van der Waals surface area (Å²) < 4.78 is 0. The van der Waals surface area contributed by atoms with Gasteiger partial charge < -0.3 is 16.0 Å². The van der Waals surface area contributed by atoms with Crippen molar-refractivity contribution in [2.75, 3.05) is 29.9 Å². The molecule has 106 valence electrons. The molecular formula is C15H26N4. The van der Waals surface area contributed by atoms with Crippen molar-refractivity contribution in [2.45, 2.75) is 27.7 Å². The average molecular weight is 262 g/mol. The molecule has 0 atom stereocenters. The van der Waals surface area contributed by atoms with E-state index in [0.29, 0.717) is 11.9 Å². The molecule has 0 heterocycles. The van der Waals surface area contributed by atoms with Crippen molar-refractivity contribution in [2.24, 2.45) is 16.6 Å². The number of guanidine groups is 1. The summed E-state index contributed by atoms with van der Waals surface area (Å²) in [6.07, 6.45) is 0. The van der Waals surface area contributed by atoms with Gasteiger partial charge in [-0.1, -0.05) is 13.8 Å². The number of benzene rings is 1. The van der Waals surface area contributed by atoms with Crippen molar-refractivity contribution in [3.8, 4) is 0 Å². The van der Waals surface area contributed by atoms with E-state index in [-0.39, 0.29) is 0 Å². The van der Waals surface area contributed by atoms with Gasteiger partial charge in [-0.25, -0.2) is 0 Å². The Labute approximate surface area is 116 Å². The topological polar surface area (TPSA) is 53.6 Å². The maximum atomic E-state index is 5.83. The molecule has 0 unspecified atom stereocenters. The van der Waals surface area contributed by atoms with E-state index in [1.54, 1.807) is 0 Å². The van der Waals surface area contributed by atoms with E-state index < -0.39 is 0 Å². The van der Waals surface area contributed by atoms with Gasteiger partial charge in [-0.3, -0.25) is 4.99 Å². The average Bonchev–Trinajstić information content (AvgIpc) is 2.40. The van der Waals surface area contributed by atoms with Crippen LogP contribution in [0.3, 0.4) is 0 Å². The number of nitrogens with two attached hydrogens (primary N) is 1. The van der Waals surface area contributed by atoms with Crippen molar-refractivity contribution in [1.29, 1.82) is 0 Å². The molecule has 1 aromatic carbocycles. The summed E-state index contributed by atoms with van der Waals surface area (Å²) in [5, 5.41) is 3.11. The Morgan fingerprint density at radius 3 is 2.26 bits per heavy atom. The van der Waals surface area contributed by atoms with E-state index in [9.17, 15) is 0 Å². The van der Waals surface area contributed by atoms with Gasteiger partial charge in [-0.2, -0.15) is 0 Å². The molecule has 0 bridgehead atoms. The number of nitrogens with one attached hydrogen (secondary N) is 1. The molecule has 4 nitrogen and oxygen atoms in total. The van der Waals surface area contributed by atoms with Crippen LogP contribution in [0.25, 0.3) is 0 Å². The highest BCUT2D eigenvalue weighted by Crippen LogP contribution is 2.17. The zero-order valence-electron chi connectivity index (χ0n) is 12.5. The number of nitrogens with zero attached hydrogens (tertiary/aromatic N) is 2. The number of anilines is 2. The Balaban J connectivity index is 2.64. The van der Waals surface area contributed by atoms with Gasteiger partial charge in [-0.05, 0) is 44.0 Å². The highest BCUT2D eigenvalue weighted by molar-refractivity contribution is 5.92. The molecule has 1 aromatic rings.